The number of hydrogen-bond acceptors (Lipinski definition) is 3. The van der Waals surface area contributed by atoms with Crippen LogP contribution in [0, 0.1) is 0 Å². The molecule has 0 fully saturated rings. The Morgan fingerprint density at radius 2 is 2.19 bits per heavy atom. The minimum Gasteiger partial charge on any atom is -0.347 e. The van der Waals surface area contributed by atoms with Crippen LogP contribution >= 0.6 is 0 Å². The Labute approximate surface area is 90.9 Å². The highest BCUT2D eigenvalue weighted by Crippen LogP contribution is 2.22. The van der Waals surface area contributed by atoms with E-state index in [-0.39, 0.29) is 17.9 Å². The van der Waals surface area contributed by atoms with E-state index < -0.39 is 12.7 Å². The zero-order valence-electron chi connectivity index (χ0n) is 8.66. The molecule has 6 heteroatoms. The number of aromatic nitrogens is 1. The van der Waals surface area contributed by atoms with Crippen molar-refractivity contribution in [3.63, 3.8) is 0 Å². The van der Waals surface area contributed by atoms with Crippen LogP contribution in [0.15, 0.2) is 18.3 Å². The predicted molar refractivity (Wildman–Crippen MR) is 53.6 cm³/mol. The number of anilines is 1. The van der Waals surface area contributed by atoms with Gasteiger partial charge in [-0.1, -0.05) is 0 Å². The molecule has 0 saturated carbocycles. The van der Waals surface area contributed by atoms with Crippen LogP contribution in [-0.4, -0.2) is 30.5 Å². The average Bonchev–Trinajstić information content (AvgIpc) is 2.24. The van der Waals surface area contributed by atoms with Crippen LogP contribution in [0.25, 0.3) is 0 Å². The maximum Gasteiger partial charge on any atom is 0.405 e. The van der Waals surface area contributed by atoms with Crippen molar-refractivity contribution in [2.75, 3.05) is 18.0 Å². The van der Waals surface area contributed by atoms with Gasteiger partial charge in [0, 0.05) is 12.7 Å². The van der Waals surface area contributed by atoms with Crippen LogP contribution in [0.1, 0.15) is 17.3 Å². The number of pyridine rings is 1. The molecule has 0 spiro atoms. The van der Waals surface area contributed by atoms with Gasteiger partial charge < -0.3 is 4.90 Å². The molecular formula is C10H11F3N2O. The Balaban J connectivity index is 2.99. The van der Waals surface area contributed by atoms with Crippen molar-refractivity contribution in [3.05, 3.63) is 23.9 Å². The van der Waals surface area contributed by atoms with Gasteiger partial charge in [0.15, 0.2) is 6.29 Å². The monoisotopic (exact) mass is 232 g/mol. The summed E-state index contributed by atoms with van der Waals surface area (Å²) < 4.78 is 36.8. The Kier molecular flexibility index (Phi) is 3.87. The van der Waals surface area contributed by atoms with Crippen molar-refractivity contribution in [1.82, 2.24) is 4.98 Å². The Morgan fingerprint density at radius 3 is 2.69 bits per heavy atom. The van der Waals surface area contributed by atoms with E-state index in [1.54, 1.807) is 6.92 Å². The van der Waals surface area contributed by atoms with Gasteiger partial charge in [0.25, 0.3) is 0 Å². The van der Waals surface area contributed by atoms with Gasteiger partial charge in [0.2, 0.25) is 0 Å². The number of alkyl halides is 3. The standard InChI is InChI=1S/C10H11F3N2O/c1-2-15(7-10(11,12)13)9-8(6-16)4-3-5-14-9/h3-6H,2,7H2,1H3. The highest BCUT2D eigenvalue weighted by molar-refractivity contribution is 5.82. The molecule has 0 aliphatic heterocycles. The van der Waals surface area contributed by atoms with Crippen molar-refractivity contribution in [2.24, 2.45) is 0 Å². The van der Waals surface area contributed by atoms with Gasteiger partial charge in [0.1, 0.15) is 12.4 Å². The summed E-state index contributed by atoms with van der Waals surface area (Å²) >= 11 is 0. The van der Waals surface area contributed by atoms with Gasteiger partial charge in [-0.3, -0.25) is 4.79 Å². The molecular weight excluding hydrogens is 221 g/mol. The summed E-state index contributed by atoms with van der Waals surface area (Å²) in [4.78, 5) is 15.5. The molecule has 1 heterocycles. The number of hydrogen-bond donors (Lipinski definition) is 0. The molecule has 3 nitrogen and oxygen atoms in total. The summed E-state index contributed by atoms with van der Waals surface area (Å²) in [5.74, 6) is 0.0670. The number of rotatable bonds is 4. The maximum atomic E-state index is 12.3. The molecule has 1 aromatic heterocycles. The molecule has 1 rings (SSSR count). The summed E-state index contributed by atoms with van der Waals surface area (Å²) in [7, 11) is 0. The van der Waals surface area contributed by atoms with Gasteiger partial charge in [-0.2, -0.15) is 13.2 Å². The van der Waals surface area contributed by atoms with E-state index in [4.69, 9.17) is 0 Å². The first-order valence-electron chi connectivity index (χ1n) is 4.70. The molecule has 88 valence electrons. The lowest BCUT2D eigenvalue weighted by Crippen LogP contribution is -2.35. The van der Waals surface area contributed by atoms with Gasteiger partial charge in [-0.05, 0) is 19.1 Å². The van der Waals surface area contributed by atoms with E-state index in [0.717, 1.165) is 4.90 Å². The van der Waals surface area contributed by atoms with Crippen molar-refractivity contribution in [3.8, 4) is 0 Å². The lowest BCUT2D eigenvalue weighted by Gasteiger charge is -2.24. The van der Waals surface area contributed by atoms with E-state index in [2.05, 4.69) is 4.98 Å². The second-order valence-electron chi connectivity index (χ2n) is 3.16. The summed E-state index contributed by atoms with van der Waals surface area (Å²) in [5.41, 5.74) is 0.161. The summed E-state index contributed by atoms with van der Waals surface area (Å²) in [6.07, 6.45) is -2.45. The number of nitrogens with zero attached hydrogens (tertiary/aromatic N) is 2. The highest BCUT2D eigenvalue weighted by atomic mass is 19.4. The lowest BCUT2D eigenvalue weighted by atomic mass is 10.2. The van der Waals surface area contributed by atoms with Crippen LogP contribution in [0.2, 0.25) is 0 Å². The minimum atomic E-state index is -4.31. The van der Waals surface area contributed by atoms with Crippen LogP contribution in [0.5, 0.6) is 0 Å². The van der Waals surface area contributed by atoms with Crippen molar-refractivity contribution in [2.45, 2.75) is 13.1 Å². The number of aldehydes is 1. The normalized spacial score (nSPS) is 11.2. The molecule has 0 aliphatic carbocycles. The Hall–Kier alpha value is -1.59. The molecule has 0 atom stereocenters. The smallest absolute Gasteiger partial charge is 0.347 e. The zero-order valence-corrected chi connectivity index (χ0v) is 8.66. The largest absolute Gasteiger partial charge is 0.405 e. The van der Waals surface area contributed by atoms with Crippen molar-refractivity contribution >= 4 is 12.1 Å². The molecule has 0 aliphatic rings. The maximum absolute atomic E-state index is 12.3. The average molecular weight is 232 g/mol. The van der Waals surface area contributed by atoms with Crippen LogP contribution < -0.4 is 4.90 Å². The van der Waals surface area contributed by atoms with E-state index in [1.807, 2.05) is 0 Å². The first kappa shape index (κ1) is 12.5. The fourth-order valence-electron chi connectivity index (χ4n) is 1.32. The third kappa shape index (κ3) is 3.22. The second kappa shape index (κ2) is 4.96. The van der Waals surface area contributed by atoms with E-state index in [1.165, 1.54) is 18.3 Å². The van der Waals surface area contributed by atoms with Gasteiger partial charge >= 0.3 is 6.18 Å². The molecule has 16 heavy (non-hydrogen) atoms. The fourth-order valence-corrected chi connectivity index (χ4v) is 1.32. The number of carbonyl (C=O) groups excluding carboxylic acids is 1. The highest BCUT2D eigenvalue weighted by Gasteiger charge is 2.31. The van der Waals surface area contributed by atoms with Crippen LogP contribution in [0.3, 0.4) is 0 Å². The Morgan fingerprint density at radius 1 is 1.50 bits per heavy atom. The summed E-state index contributed by atoms with van der Waals surface area (Å²) in [6.45, 7) is 0.605. The molecule has 0 saturated heterocycles. The summed E-state index contributed by atoms with van der Waals surface area (Å²) in [6, 6.07) is 2.95. The van der Waals surface area contributed by atoms with E-state index in [0.29, 0.717) is 6.29 Å². The fraction of sp³-hybridized carbons (Fsp3) is 0.400. The number of halogens is 3. The first-order chi connectivity index (χ1) is 7.48. The minimum absolute atomic E-state index is 0.0670. The molecule has 0 bridgehead atoms. The molecule has 0 radical (unpaired) electrons. The predicted octanol–water partition coefficient (Wildman–Crippen LogP) is 2.28. The van der Waals surface area contributed by atoms with Gasteiger partial charge in [-0.25, -0.2) is 4.98 Å². The molecule has 1 aromatic rings. The van der Waals surface area contributed by atoms with E-state index in [9.17, 15) is 18.0 Å². The second-order valence-corrected chi connectivity index (χ2v) is 3.16. The zero-order chi connectivity index (χ0) is 12.2. The van der Waals surface area contributed by atoms with Crippen molar-refractivity contribution in [1.29, 1.82) is 0 Å². The molecule has 0 amide bonds. The SMILES string of the molecule is CCN(CC(F)(F)F)c1ncccc1C=O. The first-order valence-corrected chi connectivity index (χ1v) is 4.70. The summed E-state index contributed by atoms with van der Waals surface area (Å²) in [5, 5.41) is 0. The van der Waals surface area contributed by atoms with E-state index >= 15 is 0 Å². The van der Waals surface area contributed by atoms with Gasteiger partial charge in [0.05, 0.1) is 5.56 Å². The van der Waals surface area contributed by atoms with Crippen LogP contribution in [0.4, 0.5) is 19.0 Å². The third-order valence-electron chi connectivity index (χ3n) is 2.00. The van der Waals surface area contributed by atoms with Gasteiger partial charge in [-0.15, -0.1) is 0 Å². The molecule has 0 aromatic carbocycles. The van der Waals surface area contributed by atoms with Crippen molar-refractivity contribution < 1.29 is 18.0 Å². The Bertz CT molecular complexity index is 365. The topological polar surface area (TPSA) is 33.2 Å². The number of carbonyl (C=O) groups is 1. The molecule has 0 unspecified atom stereocenters. The lowest BCUT2D eigenvalue weighted by molar-refractivity contribution is -0.119. The molecule has 0 N–H and O–H groups in total. The third-order valence-corrected chi connectivity index (χ3v) is 2.00. The quantitative estimate of drug-likeness (QED) is 0.747. The van der Waals surface area contributed by atoms with Crippen LogP contribution in [-0.2, 0) is 0 Å².